The molecule has 0 saturated carbocycles. The number of methoxy groups -OCH3 is 1. The van der Waals surface area contributed by atoms with E-state index in [0.717, 1.165) is 56.5 Å². The van der Waals surface area contributed by atoms with Crippen molar-refractivity contribution in [3.63, 3.8) is 0 Å². The first-order valence-corrected chi connectivity index (χ1v) is 10.7. The number of likely N-dealkylation sites (tertiary alicyclic amines) is 1. The Labute approximate surface area is 160 Å². The molecule has 5 nitrogen and oxygen atoms in total. The Kier molecular flexibility index (Phi) is 7.08. The smallest absolute Gasteiger partial charge is 0.263 e. The standard InChI is InChI=1S/C20H30N2O3S/c1-25-12-6-9-21-19(23)15-7-8-17-16(13-15)14-18(26-17)20(24)22-10-4-2-3-5-11-22/h14-15H,2-13H2,1H3,(H,21,23)/t15-/m1/s1. The Balaban J connectivity index is 1.58. The van der Waals surface area contributed by atoms with Crippen LogP contribution in [0.3, 0.4) is 0 Å². The van der Waals surface area contributed by atoms with Crippen molar-refractivity contribution in [1.82, 2.24) is 10.2 Å². The zero-order valence-corrected chi connectivity index (χ0v) is 16.5. The third-order valence-electron chi connectivity index (χ3n) is 5.38. The van der Waals surface area contributed by atoms with Crippen molar-refractivity contribution in [3.8, 4) is 0 Å². The molecule has 0 bridgehead atoms. The molecule has 0 aromatic carbocycles. The molecule has 2 aliphatic rings. The number of nitrogens with zero attached hydrogens (tertiary/aromatic N) is 1. The lowest BCUT2D eigenvalue weighted by atomic mass is 9.87. The molecule has 1 fully saturated rings. The van der Waals surface area contributed by atoms with E-state index in [-0.39, 0.29) is 17.7 Å². The van der Waals surface area contributed by atoms with Gasteiger partial charge in [0.25, 0.3) is 5.91 Å². The fraction of sp³-hybridized carbons (Fsp3) is 0.700. The maximum Gasteiger partial charge on any atom is 0.263 e. The van der Waals surface area contributed by atoms with Crippen molar-refractivity contribution in [2.24, 2.45) is 5.92 Å². The summed E-state index contributed by atoms with van der Waals surface area (Å²) >= 11 is 1.64. The molecule has 1 aliphatic carbocycles. The van der Waals surface area contributed by atoms with E-state index in [4.69, 9.17) is 4.74 Å². The number of hydrogen-bond donors (Lipinski definition) is 1. The molecule has 2 amide bonds. The SMILES string of the molecule is COCCCNC(=O)[C@@H]1CCc2sc(C(=O)N3CCCCCC3)cc2C1. The fourth-order valence-corrected chi connectivity index (χ4v) is 5.03. The molecule has 1 aromatic heterocycles. The molecule has 26 heavy (non-hydrogen) atoms. The van der Waals surface area contributed by atoms with Crippen LogP contribution >= 0.6 is 11.3 Å². The minimum Gasteiger partial charge on any atom is -0.385 e. The number of thiophene rings is 1. The number of carbonyl (C=O) groups excluding carboxylic acids is 2. The summed E-state index contributed by atoms with van der Waals surface area (Å²) in [5.74, 6) is 0.353. The molecule has 1 aromatic rings. The van der Waals surface area contributed by atoms with E-state index in [1.807, 2.05) is 4.90 Å². The Morgan fingerprint density at radius 3 is 2.77 bits per heavy atom. The number of fused-ring (bicyclic) bond motifs is 1. The molecular weight excluding hydrogens is 348 g/mol. The van der Waals surface area contributed by atoms with E-state index in [9.17, 15) is 9.59 Å². The number of rotatable bonds is 6. The lowest BCUT2D eigenvalue weighted by Crippen LogP contribution is -2.34. The van der Waals surface area contributed by atoms with Gasteiger partial charge in [0.05, 0.1) is 4.88 Å². The van der Waals surface area contributed by atoms with Gasteiger partial charge in [-0.1, -0.05) is 12.8 Å². The van der Waals surface area contributed by atoms with Gasteiger partial charge in [-0.15, -0.1) is 11.3 Å². The van der Waals surface area contributed by atoms with Crippen molar-refractivity contribution >= 4 is 23.2 Å². The largest absolute Gasteiger partial charge is 0.385 e. The second-order valence-corrected chi connectivity index (χ2v) is 8.48. The van der Waals surface area contributed by atoms with E-state index in [1.54, 1.807) is 18.4 Å². The van der Waals surface area contributed by atoms with Crippen LogP contribution in [-0.4, -0.2) is 50.1 Å². The Hall–Kier alpha value is -1.40. The van der Waals surface area contributed by atoms with Crippen molar-refractivity contribution in [2.45, 2.75) is 51.4 Å². The highest BCUT2D eigenvalue weighted by Gasteiger charge is 2.28. The first kappa shape index (κ1) is 19.4. The molecule has 6 heteroatoms. The topological polar surface area (TPSA) is 58.6 Å². The molecule has 0 radical (unpaired) electrons. The van der Waals surface area contributed by atoms with Crippen molar-refractivity contribution < 1.29 is 14.3 Å². The molecule has 3 rings (SSSR count). The zero-order valence-electron chi connectivity index (χ0n) is 15.7. The van der Waals surface area contributed by atoms with Crippen LogP contribution in [0.4, 0.5) is 0 Å². The second-order valence-electron chi connectivity index (χ2n) is 7.34. The van der Waals surface area contributed by atoms with Crippen molar-refractivity contribution in [3.05, 3.63) is 21.4 Å². The summed E-state index contributed by atoms with van der Waals surface area (Å²) in [6, 6.07) is 2.05. The minimum atomic E-state index is 0.0285. The third kappa shape index (κ3) is 4.86. The summed E-state index contributed by atoms with van der Waals surface area (Å²) in [6.45, 7) is 3.10. The van der Waals surface area contributed by atoms with E-state index in [0.29, 0.717) is 13.2 Å². The Bertz CT molecular complexity index is 621. The molecule has 1 aliphatic heterocycles. The molecule has 144 valence electrons. The third-order valence-corrected chi connectivity index (χ3v) is 6.61. The van der Waals surface area contributed by atoms with Crippen LogP contribution in [0.25, 0.3) is 0 Å². The maximum atomic E-state index is 12.8. The average molecular weight is 379 g/mol. The van der Waals surface area contributed by atoms with E-state index < -0.39 is 0 Å². The van der Waals surface area contributed by atoms with Crippen LogP contribution in [0, 0.1) is 5.92 Å². The number of aryl methyl sites for hydroxylation is 1. The van der Waals surface area contributed by atoms with Gasteiger partial charge in [0.15, 0.2) is 0 Å². The summed E-state index contributed by atoms with van der Waals surface area (Å²) in [5, 5.41) is 3.02. The van der Waals surface area contributed by atoms with Crippen LogP contribution < -0.4 is 5.32 Å². The van der Waals surface area contributed by atoms with Gasteiger partial charge in [-0.05, 0) is 50.2 Å². The lowest BCUT2D eigenvalue weighted by Gasteiger charge is -2.21. The van der Waals surface area contributed by atoms with E-state index in [1.165, 1.54) is 23.3 Å². The summed E-state index contributed by atoms with van der Waals surface area (Å²) in [7, 11) is 1.67. The normalized spacial score (nSPS) is 20.3. The zero-order chi connectivity index (χ0) is 18.4. The number of carbonyl (C=O) groups is 2. The predicted molar refractivity (Wildman–Crippen MR) is 104 cm³/mol. The summed E-state index contributed by atoms with van der Waals surface area (Å²) in [4.78, 5) is 29.4. The summed E-state index contributed by atoms with van der Waals surface area (Å²) < 4.78 is 5.01. The molecule has 1 atom stereocenters. The number of amides is 2. The average Bonchev–Trinajstić information content (AvgIpc) is 2.89. The fourth-order valence-electron chi connectivity index (χ4n) is 3.85. The lowest BCUT2D eigenvalue weighted by molar-refractivity contribution is -0.125. The number of hydrogen-bond acceptors (Lipinski definition) is 4. The van der Waals surface area contributed by atoms with Gasteiger partial charge in [-0.3, -0.25) is 9.59 Å². The first-order chi connectivity index (χ1) is 12.7. The van der Waals surface area contributed by atoms with Gasteiger partial charge >= 0.3 is 0 Å². The Morgan fingerprint density at radius 1 is 1.27 bits per heavy atom. The van der Waals surface area contributed by atoms with Crippen molar-refractivity contribution in [2.75, 3.05) is 33.4 Å². The van der Waals surface area contributed by atoms with Crippen molar-refractivity contribution in [1.29, 1.82) is 0 Å². The summed E-state index contributed by atoms with van der Waals surface area (Å²) in [6.07, 6.45) is 8.06. The molecule has 1 N–H and O–H groups in total. The highest BCUT2D eigenvalue weighted by atomic mass is 32.1. The first-order valence-electron chi connectivity index (χ1n) is 9.86. The quantitative estimate of drug-likeness (QED) is 0.774. The maximum absolute atomic E-state index is 12.8. The van der Waals surface area contributed by atoms with Gasteiger partial charge in [0.2, 0.25) is 5.91 Å². The van der Waals surface area contributed by atoms with Gasteiger partial charge < -0.3 is 15.0 Å². The highest BCUT2D eigenvalue weighted by Crippen LogP contribution is 2.33. The van der Waals surface area contributed by atoms with Gasteiger partial charge in [-0.2, -0.15) is 0 Å². The molecule has 0 spiro atoms. The molecular formula is C20H30N2O3S. The van der Waals surface area contributed by atoms with Gasteiger partial charge in [0, 0.05) is 44.1 Å². The van der Waals surface area contributed by atoms with E-state index >= 15 is 0 Å². The van der Waals surface area contributed by atoms with Crippen LogP contribution in [0.2, 0.25) is 0 Å². The Morgan fingerprint density at radius 2 is 2.04 bits per heavy atom. The van der Waals surface area contributed by atoms with Crippen LogP contribution in [0.1, 0.15) is 58.6 Å². The highest BCUT2D eigenvalue weighted by molar-refractivity contribution is 7.14. The molecule has 0 unspecified atom stereocenters. The molecule has 1 saturated heterocycles. The van der Waals surface area contributed by atoms with Crippen LogP contribution in [-0.2, 0) is 22.4 Å². The second kappa shape index (κ2) is 9.51. The molecule has 2 heterocycles. The van der Waals surface area contributed by atoms with Crippen LogP contribution in [0.15, 0.2) is 6.07 Å². The number of nitrogens with one attached hydrogen (secondary N) is 1. The predicted octanol–water partition coefficient (Wildman–Crippen LogP) is 3.02. The monoisotopic (exact) mass is 378 g/mol. The van der Waals surface area contributed by atoms with Gasteiger partial charge in [0.1, 0.15) is 0 Å². The minimum absolute atomic E-state index is 0.0285. The number of ether oxygens (including phenoxy) is 1. The van der Waals surface area contributed by atoms with E-state index in [2.05, 4.69) is 11.4 Å². The summed E-state index contributed by atoms with van der Waals surface area (Å²) in [5.41, 5.74) is 1.21. The van der Waals surface area contributed by atoms with Gasteiger partial charge in [-0.25, -0.2) is 0 Å². The van der Waals surface area contributed by atoms with Crippen LogP contribution in [0.5, 0.6) is 0 Å².